The molecule has 0 saturated carbocycles. The first-order valence-electron chi connectivity index (χ1n) is 10.3. The number of hydrogen-bond donors (Lipinski definition) is 0. The van der Waals surface area contributed by atoms with Gasteiger partial charge in [-0.1, -0.05) is 27.2 Å². The second kappa shape index (κ2) is 10.5. The first kappa shape index (κ1) is 23.1. The highest BCUT2D eigenvalue weighted by molar-refractivity contribution is 5.66. The number of fused-ring (bicyclic) bond motifs is 1. The molecule has 28 heavy (non-hydrogen) atoms. The summed E-state index contributed by atoms with van der Waals surface area (Å²) in [5, 5.41) is 0. The van der Waals surface area contributed by atoms with Crippen LogP contribution < -0.4 is 0 Å². The average Bonchev–Trinajstić information content (AvgIpc) is 2.99. The van der Waals surface area contributed by atoms with Gasteiger partial charge in [-0.25, -0.2) is 0 Å². The summed E-state index contributed by atoms with van der Waals surface area (Å²) in [5.74, 6) is -1.63. The van der Waals surface area contributed by atoms with Crippen LogP contribution in [0, 0.1) is 0 Å². The molecule has 0 aromatic rings. The van der Waals surface area contributed by atoms with E-state index in [2.05, 4.69) is 6.92 Å². The monoisotopic (exact) mass is 402 g/mol. The van der Waals surface area contributed by atoms with E-state index in [0.717, 1.165) is 12.8 Å². The van der Waals surface area contributed by atoms with Crippen molar-refractivity contribution in [2.24, 2.45) is 0 Å². The van der Waals surface area contributed by atoms with Gasteiger partial charge in [0.2, 0.25) is 6.29 Å². The third-order valence-corrected chi connectivity index (χ3v) is 5.14. The standard InChI is InChI=1S/C20H34O8/c1-6-9-10-23-16-11-15(12-24-13(4)21)26-19(25-14(5)22)18-17(16)27-20(7-2,8-3)28-18/h15-19H,6-12H2,1-5H3/t15-,16+,17+,18+,19?/m0/s1. The van der Waals surface area contributed by atoms with Crippen LogP contribution in [0.4, 0.5) is 0 Å². The molecule has 2 heterocycles. The Morgan fingerprint density at radius 1 is 1.04 bits per heavy atom. The molecule has 2 saturated heterocycles. The highest BCUT2D eigenvalue weighted by Gasteiger charge is 2.55. The number of unbranched alkanes of at least 4 members (excludes halogenated alkanes) is 1. The molecule has 5 atom stereocenters. The van der Waals surface area contributed by atoms with Crippen molar-refractivity contribution in [1.82, 2.24) is 0 Å². The van der Waals surface area contributed by atoms with Crippen molar-refractivity contribution in [1.29, 1.82) is 0 Å². The maximum Gasteiger partial charge on any atom is 0.305 e. The molecule has 0 spiro atoms. The zero-order chi connectivity index (χ0) is 20.7. The number of ether oxygens (including phenoxy) is 6. The first-order valence-corrected chi connectivity index (χ1v) is 10.3. The molecule has 8 nitrogen and oxygen atoms in total. The smallest absolute Gasteiger partial charge is 0.305 e. The Morgan fingerprint density at radius 2 is 1.71 bits per heavy atom. The Morgan fingerprint density at radius 3 is 2.29 bits per heavy atom. The normalized spacial score (nSPS) is 31.7. The lowest BCUT2D eigenvalue weighted by molar-refractivity contribution is -0.244. The lowest BCUT2D eigenvalue weighted by Crippen LogP contribution is -2.43. The van der Waals surface area contributed by atoms with Gasteiger partial charge in [0.05, 0.1) is 12.2 Å². The van der Waals surface area contributed by atoms with E-state index >= 15 is 0 Å². The fourth-order valence-electron chi connectivity index (χ4n) is 3.57. The van der Waals surface area contributed by atoms with Gasteiger partial charge >= 0.3 is 11.9 Å². The molecule has 0 amide bonds. The summed E-state index contributed by atoms with van der Waals surface area (Å²) in [6.45, 7) is 9.37. The molecule has 2 aliphatic heterocycles. The van der Waals surface area contributed by atoms with Crippen LogP contribution in [0.25, 0.3) is 0 Å². The van der Waals surface area contributed by atoms with Crippen molar-refractivity contribution in [3.63, 3.8) is 0 Å². The summed E-state index contributed by atoms with van der Waals surface area (Å²) >= 11 is 0. The van der Waals surface area contributed by atoms with Crippen LogP contribution in [0.1, 0.15) is 66.7 Å². The molecule has 0 bridgehead atoms. The summed E-state index contributed by atoms with van der Waals surface area (Å²) in [6.07, 6.45) is 0.865. The van der Waals surface area contributed by atoms with E-state index in [1.165, 1.54) is 13.8 Å². The predicted octanol–water partition coefficient (Wildman–Crippen LogP) is 2.71. The minimum absolute atomic E-state index is 0.0485. The Labute approximate surface area is 167 Å². The van der Waals surface area contributed by atoms with Crippen LogP contribution in [0.3, 0.4) is 0 Å². The molecular formula is C20H34O8. The number of carbonyl (C=O) groups is 2. The number of rotatable bonds is 9. The fourth-order valence-corrected chi connectivity index (χ4v) is 3.57. The molecule has 0 aliphatic carbocycles. The Hall–Kier alpha value is -1.22. The summed E-state index contributed by atoms with van der Waals surface area (Å²) in [4.78, 5) is 22.9. The largest absolute Gasteiger partial charge is 0.463 e. The van der Waals surface area contributed by atoms with E-state index in [1.54, 1.807) is 0 Å². The fraction of sp³-hybridized carbons (Fsp3) is 0.900. The number of hydrogen-bond acceptors (Lipinski definition) is 8. The lowest BCUT2D eigenvalue weighted by Gasteiger charge is -2.29. The van der Waals surface area contributed by atoms with Gasteiger partial charge < -0.3 is 28.4 Å². The maximum absolute atomic E-state index is 11.7. The van der Waals surface area contributed by atoms with Crippen LogP contribution in [-0.4, -0.2) is 61.6 Å². The van der Waals surface area contributed by atoms with E-state index in [-0.39, 0.29) is 12.7 Å². The molecule has 1 unspecified atom stereocenters. The van der Waals surface area contributed by atoms with Gasteiger partial charge in [-0.2, -0.15) is 0 Å². The molecule has 0 N–H and O–H groups in total. The number of carbonyl (C=O) groups excluding carboxylic acids is 2. The van der Waals surface area contributed by atoms with Gasteiger partial charge in [-0.3, -0.25) is 9.59 Å². The third kappa shape index (κ3) is 5.89. The minimum Gasteiger partial charge on any atom is -0.463 e. The maximum atomic E-state index is 11.7. The molecule has 8 heteroatoms. The van der Waals surface area contributed by atoms with Crippen LogP contribution in [0.5, 0.6) is 0 Å². The summed E-state index contributed by atoms with van der Waals surface area (Å²) < 4.78 is 35.2. The zero-order valence-electron chi connectivity index (χ0n) is 17.6. The Kier molecular flexibility index (Phi) is 8.67. The van der Waals surface area contributed by atoms with Crippen LogP contribution in [0.2, 0.25) is 0 Å². The molecule has 0 radical (unpaired) electrons. The molecule has 0 aromatic heterocycles. The van der Waals surface area contributed by atoms with Crippen molar-refractivity contribution in [3.05, 3.63) is 0 Å². The first-order chi connectivity index (χ1) is 13.3. The summed E-state index contributed by atoms with van der Waals surface area (Å²) in [5.41, 5.74) is 0. The lowest BCUT2D eigenvalue weighted by atomic mass is 10.0. The second-order valence-corrected chi connectivity index (χ2v) is 7.32. The van der Waals surface area contributed by atoms with Gasteiger partial charge in [0.25, 0.3) is 0 Å². The Bertz CT molecular complexity index is 518. The second-order valence-electron chi connectivity index (χ2n) is 7.32. The van der Waals surface area contributed by atoms with Crippen LogP contribution in [-0.2, 0) is 38.0 Å². The topological polar surface area (TPSA) is 89.5 Å². The SMILES string of the molecule is CCCCO[C@@H]1C[C@@H](COC(C)=O)OC(OC(C)=O)[C@@H]2OC(CC)(CC)O[C@H]12. The van der Waals surface area contributed by atoms with Crippen molar-refractivity contribution in [2.75, 3.05) is 13.2 Å². The molecule has 2 fully saturated rings. The highest BCUT2D eigenvalue weighted by atomic mass is 16.8. The third-order valence-electron chi connectivity index (χ3n) is 5.14. The average molecular weight is 402 g/mol. The van der Waals surface area contributed by atoms with E-state index in [9.17, 15) is 9.59 Å². The van der Waals surface area contributed by atoms with Gasteiger partial charge in [-0.05, 0) is 19.3 Å². The highest BCUT2D eigenvalue weighted by Crippen LogP contribution is 2.41. The summed E-state index contributed by atoms with van der Waals surface area (Å²) in [6, 6.07) is 0. The van der Waals surface area contributed by atoms with Crippen molar-refractivity contribution >= 4 is 11.9 Å². The summed E-state index contributed by atoms with van der Waals surface area (Å²) in [7, 11) is 0. The van der Waals surface area contributed by atoms with E-state index in [1.807, 2.05) is 13.8 Å². The van der Waals surface area contributed by atoms with Crippen LogP contribution >= 0.6 is 0 Å². The van der Waals surface area contributed by atoms with Gasteiger partial charge in [-0.15, -0.1) is 0 Å². The van der Waals surface area contributed by atoms with E-state index < -0.39 is 42.3 Å². The van der Waals surface area contributed by atoms with Gasteiger partial charge in [0.1, 0.15) is 12.7 Å². The number of esters is 2. The molecule has 162 valence electrons. The molecule has 2 rings (SSSR count). The molecular weight excluding hydrogens is 368 g/mol. The zero-order valence-corrected chi connectivity index (χ0v) is 17.6. The predicted molar refractivity (Wildman–Crippen MR) is 99.4 cm³/mol. The quantitative estimate of drug-likeness (QED) is 0.430. The van der Waals surface area contributed by atoms with Gasteiger partial charge in [0.15, 0.2) is 11.9 Å². The molecule has 2 aliphatic rings. The van der Waals surface area contributed by atoms with E-state index in [4.69, 9.17) is 28.4 Å². The van der Waals surface area contributed by atoms with E-state index in [0.29, 0.717) is 25.9 Å². The van der Waals surface area contributed by atoms with Crippen LogP contribution in [0.15, 0.2) is 0 Å². The van der Waals surface area contributed by atoms with Crippen molar-refractivity contribution < 1.29 is 38.0 Å². The van der Waals surface area contributed by atoms with Crippen molar-refractivity contribution in [2.45, 2.75) is 103 Å². The van der Waals surface area contributed by atoms with Crippen molar-refractivity contribution in [3.8, 4) is 0 Å². The molecule has 0 aromatic carbocycles. The minimum atomic E-state index is -0.956. The van der Waals surface area contributed by atoms with Gasteiger partial charge in [0, 0.05) is 26.9 Å². The Balaban J connectivity index is 2.26.